The number of benzene rings is 1. The molecule has 0 bridgehead atoms. The van der Waals surface area contributed by atoms with Crippen molar-refractivity contribution in [3.05, 3.63) is 33.8 Å². The van der Waals surface area contributed by atoms with Crippen molar-refractivity contribution in [3.63, 3.8) is 0 Å². The number of hydrogen-bond acceptors (Lipinski definition) is 1. The van der Waals surface area contributed by atoms with Crippen LogP contribution in [0.2, 0.25) is 0 Å². The average molecular weight is 220 g/mol. The Balaban J connectivity index is 3.36. The van der Waals surface area contributed by atoms with Gasteiger partial charge in [-0.15, -0.1) is 0 Å². The zero-order chi connectivity index (χ0) is 8.43. The van der Waals surface area contributed by atoms with E-state index in [9.17, 15) is 8.78 Å². The molecule has 11 heavy (non-hydrogen) atoms. The first-order valence-corrected chi connectivity index (χ1v) is 3.59. The fourth-order valence-corrected chi connectivity index (χ4v) is 1.09. The quantitative estimate of drug-likeness (QED) is 0.703. The van der Waals surface area contributed by atoms with E-state index in [1.54, 1.807) is 0 Å². The van der Waals surface area contributed by atoms with E-state index in [1.807, 2.05) is 0 Å². The van der Waals surface area contributed by atoms with Crippen LogP contribution in [-0.2, 0) is 0 Å². The molecule has 0 saturated carbocycles. The first-order valence-electron chi connectivity index (χ1n) is 2.80. The van der Waals surface area contributed by atoms with Crippen LogP contribution in [0.25, 0.3) is 0 Å². The van der Waals surface area contributed by atoms with Gasteiger partial charge in [-0.05, 0) is 12.1 Å². The highest BCUT2D eigenvalue weighted by Gasteiger charge is 2.06. The predicted molar refractivity (Wildman–Crippen MR) is 41.9 cm³/mol. The Morgan fingerprint density at radius 3 is 2.09 bits per heavy atom. The van der Waals surface area contributed by atoms with Crippen LogP contribution in [0.4, 0.5) is 8.78 Å². The maximum atomic E-state index is 12.7. The minimum atomic E-state index is -0.730. The number of rotatable bonds is 1. The molecule has 0 unspecified atom stereocenters. The molecule has 0 saturated heterocycles. The lowest BCUT2D eigenvalue weighted by atomic mass is 10.2. The first kappa shape index (κ1) is 8.33. The van der Waals surface area contributed by atoms with Crippen LogP contribution in [-0.4, -0.2) is 6.21 Å². The van der Waals surface area contributed by atoms with Crippen LogP contribution in [0.1, 0.15) is 5.56 Å². The summed E-state index contributed by atoms with van der Waals surface area (Å²) in [7, 11) is 0. The molecule has 0 amide bonds. The van der Waals surface area contributed by atoms with Crippen LogP contribution in [0.15, 0.2) is 16.6 Å². The Hall–Kier alpha value is -0.770. The molecule has 0 atom stereocenters. The third-order valence-corrected chi connectivity index (χ3v) is 1.65. The van der Waals surface area contributed by atoms with Crippen LogP contribution < -0.4 is 0 Å². The number of halogens is 3. The summed E-state index contributed by atoms with van der Waals surface area (Å²) in [6, 6.07) is 2.23. The number of nitrogens with one attached hydrogen (secondary N) is 1. The van der Waals surface area contributed by atoms with Gasteiger partial charge in [0, 0.05) is 10.7 Å². The van der Waals surface area contributed by atoms with Gasteiger partial charge >= 0.3 is 0 Å². The summed E-state index contributed by atoms with van der Waals surface area (Å²) in [6.07, 6.45) is 0.650. The summed E-state index contributed by atoms with van der Waals surface area (Å²) in [6.45, 7) is 0. The lowest BCUT2D eigenvalue weighted by Crippen LogP contribution is -1.92. The molecule has 0 aliphatic heterocycles. The molecule has 0 fully saturated rings. The highest BCUT2D eigenvalue weighted by Crippen LogP contribution is 2.17. The van der Waals surface area contributed by atoms with Crippen molar-refractivity contribution in [2.24, 2.45) is 0 Å². The zero-order valence-corrected chi connectivity index (χ0v) is 6.95. The zero-order valence-electron chi connectivity index (χ0n) is 5.37. The predicted octanol–water partition coefficient (Wildman–Crippen LogP) is 2.72. The van der Waals surface area contributed by atoms with Crippen molar-refractivity contribution in [1.82, 2.24) is 0 Å². The van der Waals surface area contributed by atoms with Crippen LogP contribution in [0.3, 0.4) is 0 Å². The Morgan fingerprint density at radius 2 is 1.73 bits per heavy atom. The van der Waals surface area contributed by atoms with Crippen LogP contribution in [0.5, 0.6) is 0 Å². The molecular weight excluding hydrogens is 216 g/mol. The monoisotopic (exact) mass is 219 g/mol. The standard InChI is InChI=1S/C7H4BrF2N/c8-4-1-6(9)5(3-11)7(10)2-4/h1-3,11H. The summed E-state index contributed by atoms with van der Waals surface area (Å²) in [4.78, 5) is 0. The molecule has 1 N–H and O–H groups in total. The van der Waals surface area contributed by atoms with E-state index >= 15 is 0 Å². The molecular formula is C7H4BrF2N. The Labute approximate surface area is 70.7 Å². The third-order valence-electron chi connectivity index (χ3n) is 1.19. The Bertz CT molecular complexity index is 275. The topological polar surface area (TPSA) is 23.9 Å². The maximum Gasteiger partial charge on any atom is 0.136 e. The van der Waals surface area contributed by atoms with Gasteiger partial charge in [-0.3, -0.25) is 0 Å². The van der Waals surface area contributed by atoms with E-state index in [-0.39, 0.29) is 5.56 Å². The SMILES string of the molecule is N=Cc1c(F)cc(Br)cc1F. The summed E-state index contributed by atoms with van der Waals surface area (Å²) in [5, 5.41) is 6.68. The summed E-state index contributed by atoms with van der Waals surface area (Å²) >= 11 is 2.92. The lowest BCUT2D eigenvalue weighted by Gasteiger charge is -1.97. The van der Waals surface area contributed by atoms with Gasteiger partial charge < -0.3 is 5.41 Å². The first-order chi connectivity index (χ1) is 5.15. The number of hydrogen-bond donors (Lipinski definition) is 1. The highest BCUT2D eigenvalue weighted by molar-refractivity contribution is 9.10. The van der Waals surface area contributed by atoms with Crippen molar-refractivity contribution in [2.45, 2.75) is 0 Å². The molecule has 4 heteroatoms. The average Bonchev–Trinajstić information content (AvgIpc) is 1.85. The largest absolute Gasteiger partial charge is 0.308 e. The summed E-state index contributed by atoms with van der Waals surface area (Å²) < 4.78 is 25.7. The van der Waals surface area contributed by atoms with E-state index in [4.69, 9.17) is 5.41 Å². The van der Waals surface area contributed by atoms with Gasteiger partial charge in [0.05, 0.1) is 5.56 Å². The van der Waals surface area contributed by atoms with Gasteiger partial charge in [0.25, 0.3) is 0 Å². The minimum absolute atomic E-state index is 0.312. The second-order valence-electron chi connectivity index (χ2n) is 1.93. The minimum Gasteiger partial charge on any atom is -0.308 e. The third kappa shape index (κ3) is 1.63. The Kier molecular flexibility index (Phi) is 2.34. The van der Waals surface area contributed by atoms with Gasteiger partial charge in [0.1, 0.15) is 11.6 Å². The van der Waals surface area contributed by atoms with Crippen molar-refractivity contribution in [1.29, 1.82) is 5.41 Å². The van der Waals surface area contributed by atoms with E-state index in [0.29, 0.717) is 10.7 Å². The molecule has 0 heterocycles. The fraction of sp³-hybridized carbons (Fsp3) is 0. The molecule has 1 rings (SSSR count). The normalized spacial score (nSPS) is 9.73. The van der Waals surface area contributed by atoms with Gasteiger partial charge in [0.15, 0.2) is 0 Å². The smallest absolute Gasteiger partial charge is 0.136 e. The van der Waals surface area contributed by atoms with E-state index in [2.05, 4.69) is 15.9 Å². The molecule has 0 aliphatic carbocycles. The molecule has 1 aromatic carbocycles. The van der Waals surface area contributed by atoms with Gasteiger partial charge in [0.2, 0.25) is 0 Å². The van der Waals surface area contributed by atoms with Crippen LogP contribution >= 0.6 is 15.9 Å². The fourth-order valence-electron chi connectivity index (χ4n) is 0.691. The van der Waals surface area contributed by atoms with E-state index in [0.717, 1.165) is 12.1 Å². The molecule has 0 spiro atoms. The Morgan fingerprint density at radius 1 is 1.27 bits per heavy atom. The van der Waals surface area contributed by atoms with Crippen molar-refractivity contribution < 1.29 is 8.78 Å². The molecule has 0 aromatic heterocycles. The molecule has 1 aromatic rings. The van der Waals surface area contributed by atoms with E-state index in [1.165, 1.54) is 0 Å². The second kappa shape index (κ2) is 3.09. The van der Waals surface area contributed by atoms with Crippen molar-refractivity contribution in [2.75, 3.05) is 0 Å². The molecule has 58 valence electrons. The van der Waals surface area contributed by atoms with Crippen molar-refractivity contribution >= 4 is 22.1 Å². The maximum absolute atomic E-state index is 12.7. The van der Waals surface area contributed by atoms with Gasteiger partial charge in [-0.1, -0.05) is 15.9 Å². The second-order valence-corrected chi connectivity index (χ2v) is 2.84. The lowest BCUT2D eigenvalue weighted by molar-refractivity contribution is 0.578. The van der Waals surface area contributed by atoms with Gasteiger partial charge in [-0.2, -0.15) is 0 Å². The molecule has 0 radical (unpaired) electrons. The van der Waals surface area contributed by atoms with Crippen LogP contribution in [0, 0.1) is 17.0 Å². The molecule has 1 nitrogen and oxygen atoms in total. The molecule has 0 aliphatic rings. The van der Waals surface area contributed by atoms with Crippen molar-refractivity contribution in [3.8, 4) is 0 Å². The van der Waals surface area contributed by atoms with E-state index < -0.39 is 11.6 Å². The summed E-state index contributed by atoms with van der Waals surface area (Å²) in [5.41, 5.74) is -0.312. The highest BCUT2D eigenvalue weighted by atomic mass is 79.9. The van der Waals surface area contributed by atoms with Gasteiger partial charge in [-0.25, -0.2) is 8.78 Å². The summed E-state index contributed by atoms with van der Waals surface area (Å²) in [5.74, 6) is -1.46.